The fraction of sp³-hybridized carbons (Fsp3) is 0.647. The van der Waals surface area contributed by atoms with Crippen molar-refractivity contribution in [1.82, 2.24) is 19.1 Å². The summed E-state index contributed by atoms with van der Waals surface area (Å²) in [5.74, 6) is 0.927. The highest BCUT2D eigenvalue weighted by Crippen LogP contribution is 2.13. The SMILES string of the molecule is CN(C)CCN(CCC(=O)N1CCN(c2ccccn2)CC1)S(C)(=O)=O. The number of carbonyl (C=O) groups is 1. The molecule has 2 rings (SSSR count). The first-order chi connectivity index (χ1) is 12.3. The smallest absolute Gasteiger partial charge is 0.224 e. The molecule has 0 aliphatic carbocycles. The number of nitrogens with zero attached hydrogens (tertiary/aromatic N) is 5. The zero-order valence-corrected chi connectivity index (χ0v) is 16.7. The average molecular weight is 384 g/mol. The highest BCUT2D eigenvalue weighted by molar-refractivity contribution is 7.88. The third kappa shape index (κ3) is 6.22. The van der Waals surface area contributed by atoms with Crippen LogP contribution in [0, 0.1) is 0 Å². The third-order valence-corrected chi connectivity index (χ3v) is 5.75. The summed E-state index contributed by atoms with van der Waals surface area (Å²) in [5.41, 5.74) is 0. The van der Waals surface area contributed by atoms with Crippen molar-refractivity contribution < 1.29 is 13.2 Å². The minimum Gasteiger partial charge on any atom is -0.353 e. The number of rotatable bonds is 8. The second-order valence-corrected chi connectivity index (χ2v) is 8.75. The maximum absolute atomic E-state index is 12.5. The average Bonchev–Trinajstić information content (AvgIpc) is 2.61. The van der Waals surface area contributed by atoms with Gasteiger partial charge in [0.25, 0.3) is 0 Å². The molecule has 1 aliphatic heterocycles. The van der Waals surface area contributed by atoms with Gasteiger partial charge < -0.3 is 14.7 Å². The van der Waals surface area contributed by atoms with Gasteiger partial charge in [-0.2, -0.15) is 0 Å². The van der Waals surface area contributed by atoms with Gasteiger partial charge in [0.1, 0.15) is 5.82 Å². The maximum atomic E-state index is 12.5. The second kappa shape index (κ2) is 9.29. The predicted molar refractivity (Wildman–Crippen MR) is 103 cm³/mol. The first kappa shape index (κ1) is 20.6. The molecule has 0 aromatic carbocycles. The Labute approximate surface area is 156 Å². The lowest BCUT2D eigenvalue weighted by Crippen LogP contribution is -2.49. The number of likely N-dealkylation sites (N-methyl/N-ethyl adjacent to an activating group) is 1. The predicted octanol–water partition coefficient (Wildman–Crippen LogP) is -0.0565. The lowest BCUT2D eigenvalue weighted by Gasteiger charge is -2.35. The molecule has 26 heavy (non-hydrogen) atoms. The minimum absolute atomic E-state index is 0.00386. The molecule has 0 saturated carbocycles. The molecule has 1 amide bonds. The van der Waals surface area contributed by atoms with Gasteiger partial charge in [0.2, 0.25) is 15.9 Å². The van der Waals surface area contributed by atoms with Crippen molar-refractivity contribution in [2.75, 3.05) is 71.1 Å². The van der Waals surface area contributed by atoms with E-state index in [0.29, 0.717) is 26.2 Å². The number of carbonyl (C=O) groups excluding carboxylic acids is 1. The van der Waals surface area contributed by atoms with Gasteiger partial charge in [-0.3, -0.25) is 4.79 Å². The van der Waals surface area contributed by atoms with Crippen molar-refractivity contribution in [2.24, 2.45) is 0 Å². The van der Waals surface area contributed by atoms with Crippen LogP contribution in [0.5, 0.6) is 0 Å². The number of amides is 1. The molecule has 0 bridgehead atoms. The van der Waals surface area contributed by atoms with Gasteiger partial charge in [-0.25, -0.2) is 17.7 Å². The number of pyridine rings is 1. The lowest BCUT2D eigenvalue weighted by atomic mass is 10.2. The Kier molecular flexibility index (Phi) is 7.36. The summed E-state index contributed by atoms with van der Waals surface area (Å²) in [7, 11) is 0.479. The molecule has 1 aromatic rings. The molecule has 0 radical (unpaired) electrons. The second-order valence-electron chi connectivity index (χ2n) is 6.77. The van der Waals surface area contributed by atoms with Crippen LogP contribution >= 0.6 is 0 Å². The lowest BCUT2D eigenvalue weighted by molar-refractivity contribution is -0.131. The van der Waals surface area contributed by atoms with Gasteiger partial charge in [-0.15, -0.1) is 0 Å². The highest BCUT2D eigenvalue weighted by Gasteiger charge is 2.24. The standard InChI is InChI=1S/C17H29N5O3S/c1-19(2)10-15-22(26(3,24)25)9-7-17(23)21-13-11-20(12-14-21)16-6-4-5-8-18-16/h4-6,8H,7,9-15H2,1-3H3. The van der Waals surface area contributed by atoms with Gasteiger partial charge in [0.05, 0.1) is 6.26 Å². The van der Waals surface area contributed by atoms with Gasteiger partial charge in [-0.1, -0.05) is 6.07 Å². The van der Waals surface area contributed by atoms with E-state index in [4.69, 9.17) is 0 Å². The number of hydrogen-bond donors (Lipinski definition) is 0. The molecule has 1 aliphatic rings. The van der Waals surface area contributed by atoms with Crippen LogP contribution in [-0.4, -0.2) is 99.6 Å². The Morgan fingerprint density at radius 1 is 1.12 bits per heavy atom. The molecule has 1 saturated heterocycles. The number of aromatic nitrogens is 1. The quantitative estimate of drug-likeness (QED) is 0.626. The van der Waals surface area contributed by atoms with Crippen LogP contribution < -0.4 is 4.90 Å². The van der Waals surface area contributed by atoms with Crippen LogP contribution in [0.4, 0.5) is 5.82 Å². The zero-order valence-electron chi connectivity index (χ0n) is 15.8. The molecule has 0 atom stereocenters. The van der Waals surface area contributed by atoms with E-state index < -0.39 is 10.0 Å². The molecular formula is C17H29N5O3S. The Morgan fingerprint density at radius 3 is 2.35 bits per heavy atom. The van der Waals surface area contributed by atoms with E-state index in [1.165, 1.54) is 10.6 Å². The topological polar surface area (TPSA) is 77.1 Å². The van der Waals surface area contributed by atoms with Crippen molar-refractivity contribution in [3.63, 3.8) is 0 Å². The van der Waals surface area contributed by atoms with E-state index in [1.54, 1.807) is 6.20 Å². The van der Waals surface area contributed by atoms with Gasteiger partial charge in [-0.05, 0) is 26.2 Å². The van der Waals surface area contributed by atoms with E-state index in [2.05, 4.69) is 9.88 Å². The van der Waals surface area contributed by atoms with Crippen LogP contribution in [0.2, 0.25) is 0 Å². The Morgan fingerprint density at radius 2 is 1.81 bits per heavy atom. The van der Waals surface area contributed by atoms with E-state index in [1.807, 2.05) is 42.1 Å². The largest absolute Gasteiger partial charge is 0.353 e. The van der Waals surface area contributed by atoms with Crippen LogP contribution in [0.25, 0.3) is 0 Å². The Bertz CT molecular complexity index is 673. The summed E-state index contributed by atoms with van der Waals surface area (Å²) in [6.45, 7) is 3.98. The van der Waals surface area contributed by atoms with Crippen LogP contribution in [0.15, 0.2) is 24.4 Å². The van der Waals surface area contributed by atoms with Crippen molar-refractivity contribution in [3.8, 4) is 0 Å². The summed E-state index contributed by atoms with van der Waals surface area (Å²) >= 11 is 0. The molecule has 2 heterocycles. The Balaban J connectivity index is 1.82. The molecule has 146 valence electrons. The normalized spacial score (nSPS) is 15.7. The van der Waals surface area contributed by atoms with Crippen molar-refractivity contribution in [1.29, 1.82) is 0 Å². The number of hydrogen-bond acceptors (Lipinski definition) is 6. The monoisotopic (exact) mass is 383 g/mol. The fourth-order valence-electron chi connectivity index (χ4n) is 2.86. The molecule has 0 N–H and O–H groups in total. The summed E-state index contributed by atoms with van der Waals surface area (Å²) in [5, 5.41) is 0. The molecular weight excluding hydrogens is 354 g/mol. The van der Waals surface area contributed by atoms with Gasteiger partial charge in [0, 0.05) is 58.4 Å². The molecule has 1 fully saturated rings. The summed E-state index contributed by atoms with van der Waals surface area (Å²) in [6, 6.07) is 5.80. The van der Waals surface area contributed by atoms with Crippen molar-refractivity contribution >= 4 is 21.7 Å². The molecule has 1 aromatic heterocycles. The van der Waals surface area contributed by atoms with Gasteiger partial charge >= 0.3 is 0 Å². The molecule has 8 nitrogen and oxygen atoms in total. The first-order valence-electron chi connectivity index (χ1n) is 8.81. The highest BCUT2D eigenvalue weighted by atomic mass is 32.2. The third-order valence-electron chi connectivity index (χ3n) is 4.45. The van der Waals surface area contributed by atoms with E-state index in [0.717, 1.165) is 18.9 Å². The van der Waals surface area contributed by atoms with Crippen LogP contribution in [0.3, 0.4) is 0 Å². The van der Waals surface area contributed by atoms with E-state index in [9.17, 15) is 13.2 Å². The molecule has 9 heteroatoms. The fourth-order valence-corrected chi connectivity index (χ4v) is 3.70. The number of piperazine rings is 1. The molecule has 0 spiro atoms. The van der Waals surface area contributed by atoms with Crippen LogP contribution in [0.1, 0.15) is 6.42 Å². The molecule has 0 unspecified atom stereocenters. The maximum Gasteiger partial charge on any atom is 0.224 e. The first-order valence-corrected chi connectivity index (χ1v) is 10.7. The van der Waals surface area contributed by atoms with E-state index in [-0.39, 0.29) is 18.9 Å². The van der Waals surface area contributed by atoms with Crippen molar-refractivity contribution in [2.45, 2.75) is 6.42 Å². The summed E-state index contributed by atoms with van der Waals surface area (Å²) < 4.78 is 25.2. The number of sulfonamides is 1. The summed E-state index contributed by atoms with van der Waals surface area (Å²) in [6.07, 6.45) is 3.17. The van der Waals surface area contributed by atoms with Crippen LogP contribution in [-0.2, 0) is 14.8 Å². The van der Waals surface area contributed by atoms with Crippen molar-refractivity contribution in [3.05, 3.63) is 24.4 Å². The Hall–Kier alpha value is -1.71. The van der Waals surface area contributed by atoms with Gasteiger partial charge in [0.15, 0.2) is 0 Å². The number of anilines is 1. The van der Waals surface area contributed by atoms with E-state index >= 15 is 0 Å². The minimum atomic E-state index is -3.31. The zero-order chi connectivity index (χ0) is 19.2. The summed E-state index contributed by atoms with van der Waals surface area (Å²) in [4.78, 5) is 22.7.